The van der Waals surface area contributed by atoms with E-state index < -0.39 is 5.97 Å². The van der Waals surface area contributed by atoms with Gasteiger partial charge in [0.2, 0.25) is 5.91 Å². The first-order valence-electron chi connectivity index (χ1n) is 7.41. The molecule has 1 aromatic rings. The average Bonchev–Trinajstić information content (AvgIpc) is 2.50. The SMILES string of the molecule is CCCOc1ccc(CNC(=O)CCC(=O)[O-])cc1OCC. The van der Waals surface area contributed by atoms with Crippen LogP contribution in [0.3, 0.4) is 0 Å². The Bertz CT molecular complexity index is 501. The molecule has 22 heavy (non-hydrogen) atoms. The Morgan fingerprint density at radius 3 is 2.55 bits per heavy atom. The lowest BCUT2D eigenvalue weighted by Gasteiger charge is -2.13. The van der Waals surface area contributed by atoms with Crippen LogP contribution in [0.15, 0.2) is 18.2 Å². The van der Waals surface area contributed by atoms with Gasteiger partial charge in [-0.15, -0.1) is 0 Å². The van der Waals surface area contributed by atoms with Gasteiger partial charge in [0.05, 0.1) is 13.2 Å². The molecule has 6 nitrogen and oxygen atoms in total. The molecule has 122 valence electrons. The monoisotopic (exact) mass is 308 g/mol. The van der Waals surface area contributed by atoms with Crippen LogP contribution in [0.1, 0.15) is 38.7 Å². The number of ether oxygens (including phenoxy) is 2. The maximum atomic E-state index is 11.5. The maximum Gasteiger partial charge on any atom is 0.220 e. The molecule has 0 unspecified atom stereocenters. The highest BCUT2D eigenvalue weighted by molar-refractivity contribution is 5.79. The van der Waals surface area contributed by atoms with Crippen molar-refractivity contribution in [2.45, 2.75) is 39.7 Å². The van der Waals surface area contributed by atoms with Crippen LogP contribution in [-0.2, 0) is 16.1 Å². The van der Waals surface area contributed by atoms with E-state index in [1.54, 1.807) is 0 Å². The highest BCUT2D eigenvalue weighted by Crippen LogP contribution is 2.28. The smallest absolute Gasteiger partial charge is 0.220 e. The fourth-order valence-electron chi connectivity index (χ4n) is 1.77. The summed E-state index contributed by atoms with van der Waals surface area (Å²) < 4.78 is 11.1. The third-order valence-corrected chi connectivity index (χ3v) is 2.82. The van der Waals surface area contributed by atoms with Gasteiger partial charge in [-0.25, -0.2) is 0 Å². The first kappa shape index (κ1) is 17.8. The Hall–Kier alpha value is -2.24. The van der Waals surface area contributed by atoms with Crippen molar-refractivity contribution in [1.29, 1.82) is 0 Å². The minimum atomic E-state index is -1.23. The van der Waals surface area contributed by atoms with E-state index in [9.17, 15) is 14.7 Å². The van der Waals surface area contributed by atoms with Crippen LogP contribution in [0.25, 0.3) is 0 Å². The second kappa shape index (κ2) is 9.65. The molecule has 1 N–H and O–H groups in total. The van der Waals surface area contributed by atoms with Crippen molar-refractivity contribution in [2.75, 3.05) is 13.2 Å². The lowest BCUT2D eigenvalue weighted by Crippen LogP contribution is -2.27. The highest BCUT2D eigenvalue weighted by Gasteiger charge is 2.07. The summed E-state index contributed by atoms with van der Waals surface area (Å²) >= 11 is 0. The van der Waals surface area contributed by atoms with Gasteiger partial charge in [0.15, 0.2) is 11.5 Å². The molecule has 0 bridgehead atoms. The van der Waals surface area contributed by atoms with E-state index in [1.807, 2.05) is 32.0 Å². The minimum absolute atomic E-state index is 0.0850. The average molecular weight is 308 g/mol. The Morgan fingerprint density at radius 2 is 1.91 bits per heavy atom. The highest BCUT2D eigenvalue weighted by atomic mass is 16.5. The molecule has 0 fully saturated rings. The summed E-state index contributed by atoms with van der Waals surface area (Å²) in [5.74, 6) is -0.243. The molecule has 0 spiro atoms. The predicted octanol–water partition coefficient (Wildman–Crippen LogP) is 1.02. The zero-order valence-electron chi connectivity index (χ0n) is 13.0. The molecule has 0 saturated heterocycles. The van der Waals surface area contributed by atoms with Crippen LogP contribution in [0.2, 0.25) is 0 Å². The third kappa shape index (κ3) is 6.47. The number of carboxylic acids is 1. The van der Waals surface area contributed by atoms with Gasteiger partial charge in [-0.1, -0.05) is 13.0 Å². The fraction of sp³-hybridized carbons (Fsp3) is 0.500. The number of carbonyl (C=O) groups excluding carboxylic acids is 2. The van der Waals surface area contributed by atoms with Gasteiger partial charge >= 0.3 is 0 Å². The predicted molar refractivity (Wildman–Crippen MR) is 79.5 cm³/mol. The molecular weight excluding hydrogens is 286 g/mol. The number of carboxylic acid groups (broad SMARTS) is 1. The summed E-state index contributed by atoms with van der Waals surface area (Å²) in [7, 11) is 0. The van der Waals surface area contributed by atoms with Crippen molar-refractivity contribution in [3.8, 4) is 11.5 Å². The molecule has 0 aromatic heterocycles. The summed E-state index contributed by atoms with van der Waals surface area (Å²) in [6.45, 7) is 5.35. The second-order valence-corrected chi connectivity index (χ2v) is 4.71. The van der Waals surface area contributed by atoms with Crippen LogP contribution in [-0.4, -0.2) is 25.1 Å². The topological polar surface area (TPSA) is 87.7 Å². The molecule has 0 aliphatic carbocycles. The summed E-state index contributed by atoms with van der Waals surface area (Å²) in [6, 6.07) is 5.46. The number of rotatable bonds is 10. The van der Waals surface area contributed by atoms with Crippen molar-refractivity contribution in [3.05, 3.63) is 23.8 Å². The van der Waals surface area contributed by atoms with E-state index in [0.717, 1.165) is 12.0 Å². The molecule has 0 aliphatic rings. The van der Waals surface area contributed by atoms with Crippen molar-refractivity contribution in [3.63, 3.8) is 0 Å². The summed E-state index contributed by atoms with van der Waals surface area (Å²) in [4.78, 5) is 21.8. The van der Waals surface area contributed by atoms with Gasteiger partial charge in [0.25, 0.3) is 0 Å². The zero-order valence-corrected chi connectivity index (χ0v) is 13.0. The number of amides is 1. The number of carbonyl (C=O) groups is 2. The van der Waals surface area contributed by atoms with Gasteiger partial charge in [-0.2, -0.15) is 0 Å². The molecule has 1 aromatic carbocycles. The summed E-state index contributed by atoms with van der Waals surface area (Å²) in [5.41, 5.74) is 0.856. The van der Waals surface area contributed by atoms with Crippen molar-refractivity contribution in [1.82, 2.24) is 5.32 Å². The first-order chi connectivity index (χ1) is 10.6. The Labute approximate surface area is 130 Å². The van der Waals surface area contributed by atoms with Crippen LogP contribution in [0.4, 0.5) is 0 Å². The van der Waals surface area contributed by atoms with Gasteiger partial charge in [0, 0.05) is 18.9 Å². The largest absolute Gasteiger partial charge is 0.550 e. The minimum Gasteiger partial charge on any atom is -0.550 e. The number of hydrogen-bond donors (Lipinski definition) is 1. The lowest BCUT2D eigenvalue weighted by atomic mass is 10.2. The first-order valence-corrected chi connectivity index (χ1v) is 7.41. The maximum absolute atomic E-state index is 11.5. The Balaban J connectivity index is 2.61. The van der Waals surface area contributed by atoms with E-state index in [2.05, 4.69) is 5.32 Å². The molecule has 0 atom stereocenters. The number of hydrogen-bond acceptors (Lipinski definition) is 5. The van der Waals surface area contributed by atoms with Gasteiger partial charge in [-0.3, -0.25) is 4.79 Å². The zero-order chi connectivity index (χ0) is 16.4. The van der Waals surface area contributed by atoms with E-state index >= 15 is 0 Å². The van der Waals surface area contributed by atoms with E-state index in [4.69, 9.17) is 9.47 Å². The molecule has 0 saturated carbocycles. The summed E-state index contributed by atoms with van der Waals surface area (Å²) in [6.07, 6.45) is 0.542. The van der Waals surface area contributed by atoms with Crippen LogP contribution in [0, 0.1) is 0 Å². The normalized spacial score (nSPS) is 10.1. The number of benzene rings is 1. The van der Waals surface area contributed by atoms with E-state index in [1.165, 1.54) is 0 Å². The standard InChI is InChI=1S/C16H23NO5/c1-3-9-22-13-6-5-12(10-14(13)21-4-2)11-17-15(18)7-8-16(19)20/h5-6,10H,3-4,7-9,11H2,1-2H3,(H,17,18)(H,19,20)/p-1. The molecular formula is C16H22NO5-. The molecule has 1 rings (SSSR count). The van der Waals surface area contributed by atoms with Crippen molar-refractivity contribution >= 4 is 11.9 Å². The quantitative estimate of drug-likeness (QED) is 0.697. The van der Waals surface area contributed by atoms with Gasteiger partial charge < -0.3 is 24.7 Å². The lowest BCUT2D eigenvalue weighted by molar-refractivity contribution is -0.305. The van der Waals surface area contributed by atoms with Crippen LogP contribution < -0.4 is 19.9 Å². The van der Waals surface area contributed by atoms with Crippen molar-refractivity contribution < 1.29 is 24.2 Å². The molecule has 0 aliphatic heterocycles. The van der Waals surface area contributed by atoms with Crippen molar-refractivity contribution in [2.24, 2.45) is 0 Å². The molecule has 0 heterocycles. The Kier molecular flexibility index (Phi) is 7.81. The molecule has 6 heteroatoms. The molecule has 0 radical (unpaired) electrons. The number of nitrogens with one attached hydrogen (secondary N) is 1. The third-order valence-electron chi connectivity index (χ3n) is 2.82. The Morgan fingerprint density at radius 1 is 1.14 bits per heavy atom. The van der Waals surface area contributed by atoms with Gasteiger partial charge in [-0.05, 0) is 37.5 Å². The van der Waals surface area contributed by atoms with E-state index in [0.29, 0.717) is 31.3 Å². The number of aliphatic carboxylic acids is 1. The van der Waals surface area contributed by atoms with E-state index in [-0.39, 0.29) is 18.7 Å². The fourth-order valence-corrected chi connectivity index (χ4v) is 1.77. The molecule has 1 amide bonds. The van der Waals surface area contributed by atoms with Crippen LogP contribution in [0.5, 0.6) is 11.5 Å². The van der Waals surface area contributed by atoms with Crippen LogP contribution >= 0.6 is 0 Å². The summed E-state index contributed by atoms with van der Waals surface area (Å²) in [5, 5.41) is 13.0. The van der Waals surface area contributed by atoms with Gasteiger partial charge in [0.1, 0.15) is 0 Å². The second-order valence-electron chi connectivity index (χ2n) is 4.71.